The van der Waals surface area contributed by atoms with Gasteiger partial charge in [0.25, 0.3) is 11.8 Å². The number of hydrogen-bond donors (Lipinski definition) is 3. The van der Waals surface area contributed by atoms with E-state index in [-0.39, 0.29) is 29.9 Å². The van der Waals surface area contributed by atoms with Crippen molar-refractivity contribution in [3.63, 3.8) is 0 Å². The minimum atomic E-state index is -0.538. The van der Waals surface area contributed by atoms with Crippen LogP contribution in [0.25, 0.3) is 0 Å². The van der Waals surface area contributed by atoms with Crippen molar-refractivity contribution < 1.29 is 29.3 Å². The number of nitrogens with one attached hydrogen (secondary N) is 1. The number of esters is 1. The largest absolute Gasteiger partial charge is 0.494 e. The maximum absolute atomic E-state index is 11.5. The second-order valence-electron chi connectivity index (χ2n) is 4.81. The highest BCUT2D eigenvalue weighted by atomic mass is 16.5. The zero-order chi connectivity index (χ0) is 16.1. The highest BCUT2D eigenvalue weighted by Crippen LogP contribution is 2.29. The molecule has 1 aliphatic heterocycles. The normalized spacial score (nSPS) is 13.9. The summed E-state index contributed by atoms with van der Waals surface area (Å²) in [6.07, 6.45) is 4.38. The average Bonchev–Trinajstić information content (AvgIpc) is 2.93. The monoisotopic (exact) mass is 308 g/mol. The van der Waals surface area contributed by atoms with Crippen LogP contribution in [-0.2, 0) is 14.4 Å². The first-order valence-electron chi connectivity index (χ1n) is 6.82. The van der Waals surface area contributed by atoms with E-state index in [1.165, 1.54) is 12.2 Å². The van der Waals surface area contributed by atoms with Crippen LogP contribution in [0.15, 0.2) is 18.2 Å². The molecule has 0 aromatic carbocycles. The molecule has 0 saturated heterocycles. The highest BCUT2D eigenvalue weighted by Gasteiger charge is 2.22. The molecular weight excluding hydrogens is 292 g/mol. The Morgan fingerprint density at radius 1 is 1.14 bits per heavy atom. The number of imide groups is 1. The lowest BCUT2D eigenvalue weighted by Crippen LogP contribution is -2.30. The number of aromatic nitrogens is 1. The van der Waals surface area contributed by atoms with Crippen molar-refractivity contribution in [1.82, 2.24) is 9.88 Å². The molecule has 0 atom stereocenters. The first-order valence-corrected chi connectivity index (χ1v) is 6.82. The van der Waals surface area contributed by atoms with Crippen LogP contribution >= 0.6 is 0 Å². The van der Waals surface area contributed by atoms with Gasteiger partial charge in [0.15, 0.2) is 11.6 Å². The molecule has 1 aromatic rings. The van der Waals surface area contributed by atoms with Crippen molar-refractivity contribution in [2.45, 2.75) is 25.7 Å². The van der Waals surface area contributed by atoms with E-state index < -0.39 is 11.8 Å². The van der Waals surface area contributed by atoms with Crippen molar-refractivity contribution in [1.29, 1.82) is 0 Å². The lowest BCUT2D eigenvalue weighted by atomic mass is 10.2. The first-order chi connectivity index (χ1) is 10.5. The van der Waals surface area contributed by atoms with Gasteiger partial charge in [0, 0.05) is 31.2 Å². The second-order valence-corrected chi connectivity index (χ2v) is 4.81. The molecule has 0 aliphatic carbocycles. The average molecular weight is 308 g/mol. The number of carbonyl (C=O) groups excluding carboxylic acids is 3. The number of rotatable bonds is 7. The number of unbranched alkanes of at least 4 members (excludes halogenated alkanes) is 2. The molecular formula is C14H16N2O6. The van der Waals surface area contributed by atoms with Gasteiger partial charge in [-0.05, 0) is 12.8 Å². The third-order valence-corrected chi connectivity index (χ3v) is 3.13. The van der Waals surface area contributed by atoms with Gasteiger partial charge in [-0.1, -0.05) is 6.42 Å². The summed E-state index contributed by atoms with van der Waals surface area (Å²) in [5, 5.41) is 18.4. The zero-order valence-electron chi connectivity index (χ0n) is 11.7. The van der Waals surface area contributed by atoms with E-state index in [0.717, 1.165) is 11.0 Å². The Bertz CT molecular complexity index is 601. The molecule has 1 aliphatic rings. The van der Waals surface area contributed by atoms with Crippen LogP contribution in [0.2, 0.25) is 0 Å². The van der Waals surface area contributed by atoms with Gasteiger partial charge in [0.05, 0.1) is 0 Å². The minimum absolute atomic E-state index is 0.123. The van der Waals surface area contributed by atoms with E-state index >= 15 is 0 Å². The predicted octanol–water partition coefficient (Wildman–Crippen LogP) is 0.817. The number of nitrogens with zero attached hydrogens (tertiary/aromatic N) is 1. The Balaban J connectivity index is 1.62. The van der Waals surface area contributed by atoms with Crippen LogP contribution in [0.3, 0.4) is 0 Å². The summed E-state index contributed by atoms with van der Waals surface area (Å²) in [6.45, 7) is 0.326. The minimum Gasteiger partial charge on any atom is -0.494 e. The molecule has 1 aromatic heterocycles. The van der Waals surface area contributed by atoms with Gasteiger partial charge in [-0.25, -0.2) is 0 Å². The first kappa shape index (κ1) is 15.6. The Labute approximate surface area is 126 Å². The van der Waals surface area contributed by atoms with Crippen LogP contribution in [0.4, 0.5) is 0 Å². The van der Waals surface area contributed by atoms with Crippen molar-refractivity contribution in [3.8, 4) is 17.5 Å². The lowest BCUT2D eigenvalue weighted by molar-refractivity contribution is -0.137. The molecule has 8 nitrogen and oxygen atoms in total. The van der Waals surface area contributed by atoms with E-state index in [1.807, 2.05) is 0 Å². The van der Waals surface area contributed by atoms with Crippen LogP contribution in [0.1, 0.15) is 25.7 Å². The summed E-state index contributed by atoms with van der Waals surface area (Å²) >= 11 is 0. The standard InChI is InChI=1S/C14H16N2O6/c17-10-8-9(14(21)15-10)22-13(20)4-2-1-3-7-16-11(18)5-6-12(16)19/h5-6,8,15,17,21H,1-4,7H2. The maximum atomic E-state index is 11.5. The number of H-pyrrole nitrogens is 1. The van der Waals surface area contributed by atoms with Crippen molar-refractivity contribution in [2.75, 3.05) is 6.54 Å². The van der Waals surface area contributed by atoms with Gasteiger partial charge >= 0.3 is 5.97 Å². The highest BCUT2D eigenvalue weighted by molar-refractivity contribution is 6.12. The fraction of sp³-hybridized carbons (Fsp3) is 0.357. The van der Waals surface area contributed by atoms with Gasteiger partial charge in [-0.15, -0.1) is 0 Å². The second kappa shape index (κ2) is 6.79. The molecule has 0 fully saturated rings. The Morgan fingerprint density at radius 2 is 1.82 bits per heavy atom. The summed E-state index contributed by atoms with van der Waals surface area (Å²) in [4.78, 5) is 37.5. The molecule has 2 rings (SSSR count). The van der Waals surface area contributed by atoms with Gasteiger partial charge in [-0.3, -0.25) is 24.3 Å². The number of hydrogen-bond acceptors (Lipinski definition) is 6. The van der Waals surface area contributed by atoms with E-state index in [9.17, 15) is 19.5 Å². The van der Waals surface area contributed by atoms with E-state index in [0.29, 0.717) is 25.8 Å². The molecule has 118 valence electrons. The zero-order valence-corrected chi connectivity index (χ0v) is 11.7. The van der Waals surface area contributed by atoms with E-state index in [2.05, 4.69) is 4.98 Å². The van der Waals surface area contributed by atoms with Crippen LogP contribution in [-0.4, -0.2) is 44.4 Å². The van der Waals surface area contributed by atoms with Crippen LogP contribution in [0, 0.1) is 0 Å². The number of aromatic hydroxyl groups is 2. The summed E-state index contributed by atoms with van der Waals surface area (Å²) in [5.41, 5.74) is 0. The summed E-state index contributed by atoms with van der Waals surface area (Å²) in [5.74, 6) is -2.00. The van der Waals surface area contributed by atoms with E-state index in [4.69, 9.17) is 9.84 Å². The number of aromatic amines is 1. The van der Waals surface area contributed by atoms with Crippen molar-refractivity contribution in [2.24, 2.45) is 0 Å². The molecule has 0 bridgehead atoms. The Hall–Kier alpha value is -2.77. The smallest absolute Gasteiger partial charge is 0.311 e. The third kappa shape index (κ3) is 3.87. The summed E-state index contributed by atoms with van der Waals surface area (Å²) < 4.78 is 4.87. The molecule has 8 heteroatoms. The topological polar surface area (TPSA) is 120 Å². The molecule has 0 saturated carbocycles. The quantitative estimate of drug-likeness (QED) is 0.389. The number of carbonyl (C=O) groups is 3. The fourth-order valence-corrected chi connectivity index (χ4v) is 2.03. The van der Waals surface area contributed by atoms with E-state index in [1.54, 1.807) is 0 Å². The van der Waals surface area contributed by atoms with Gasteiger partial charge in [-0.2, -0.15) is 0 Å². The lowest BCUT2D eigenvalue weighted by Gasteiger charge is -2.12. The maximum Gasteiger partial charge on any atom is 0.311 e. The number of amides is 2. The molecule has 0 radical (unpaired) electrons. The van der Waals surface area contributed by atoms with Crippen LogP contribution in [0.5, 0.6) is 17.5 Å². The molecule has 0 unspecified atom stereocenters. The molecule has 3 N–H and O–H groups in total. The van der Waals surface area contributed by atoms with Crippen molar-refractivity contribution >= 4 is 17.8 Å². The Kier molecular flexibility index (Phi) is 4.82. The predicted molar refractivity (Wildman–Crippen MR) is 74.1 cm³/mol. The van der Waals surface area contributed by atoms with Gasteiger partial charge in [0.1, 0.15) is 0 Å². The molecule has 22 heavy (non-hydrogen) atoms. The number of ether oxygens (including phenoxy) is 1. The van der Waals surface area contributed by atoms with Gasteiger partial charge in [0.2, 0.25) is 5.88 Å². The summed E-state index contributed by atoms with van der Waals surface area (Å²) in [6, 6.07) is 1.10. The fourth-order valence-electron chi connectivity index (χ4n) is 2.03. The molecule has 2 heterocycles. The Morgan fingerprint density at radius 3 is 2.41 bits per heavy atom. The van der Waals surface area contributed by atoms with Gasteiger partial charge < -0.3 is 14.9 Å². The third-order valence-electron chi connectivity index (χ3n) is 3.13. The summed E-state index contributed by atoms with van der Waals surface area (Å²) in [7, 11) is 0. The SMILES string of the molecule is O=C(CCCCCN1C(=O)C=CC1=O)Oc1cc(O)[nH]c1O. The van der Waals surface area contributed by atoms with Crippen LogP contribution < -0.4 is 4.74 Å². The molecule has 0 spiro atoms. The van der Waals surface area contributed by atoms with Crippen molar-refractivity contribution in [3.05, 3.63) is 18.2 Å². The molecule has 2 amide bonds.